The fraction of sp³-hybridized carbons (Fsp3) is 0.875. The number of carbonyl (C=O) groups excluding carboxylic acids is 2. The average molecular weight is 327 g/mol. The second-order valence-electron chi connectivity index (χ2n) is 7.77. The maximum Gasteiger partial charge on any atom is 0.410 e. The van der Waals surface area contributed by atoms with Crippen LogP contribution in [0.5, 0.6) is 0 Å². The summed E-state index contributed by atoms with van der Waals surface area (Å²) in [6.07, 6.45) is 0.427. The fourth-order valence-corrected chi connectivity index (χ4v) is 2.98. The van der Waals surface area contributed by atoms with Gasteiger partial charge in [-0.3, -0.25) is 9.69 Å². The zero-order chi connectivity index (χ0) is 17.4. The lowest BCUT2D eigenvalue weighted by Crippen LogP contribution is -2.65. The van der Waals surface area contributed by atoms with Gasteiger partial charge in [-0.2, -0.15) is 0 Å². The Balaban J connectivity index is 1.81. The van der Waals surface area contributed by atoms with Crippen LogP contribution in [0.15, 0.2) is 0 Å². The van der Waals surface area contributed by atoms with Crippen molar-refractivity contribution >= 4 is 12.0 Å². The Bertz CT molecular complexity index is 470. The summed E-state index contributed by atoms with van der Waals surface area (Å²) in [6, 6.07) is -0.0122. The largest absolute Gasteiger partial charge is 0.444 e. The molecule has 0 spiro atoms. The van der Waals surface area contributed by atoms with Crippen LogP contribution in [0, 0.1) is 0 Å². The van der Waals surface area contributed by atoms with E-state index in [-0.39, 0.29) is 24.1 Å². The van der Waals surface area contributed by atoms with Crippen LogP contribution in [-0.4, -0.2) is 78.9 Å². The molecule has 7 nitrogen and oxygen atoms in total. The number of amides is 2. The van der Waals surface area contributed by atoms with Gasteiger partial charge in [-0.15, -0.1) is 0 Å². The normalized spacial score (nSPS) is 29.3. The first-order valence-corrected chi connectivity index (χ1v) is 8.08. The Kier molecular flexibility index (Phi) is 4.92. The van der Waals surface area contributed by atoms with Gasteiger partial charge in [0, 0.05) is 33.2 Å². The van der Waals surface area contributed by atoms with Crippen molar-refractivity contribution in [2.24, 2.45) is 0 Å². The molecule has 0 aromatic carbocycles. The zero-order valence-electron chi connectivity index (χ0n) is 15.0. The maximum atomic E-state index is 12.6. The molecule has 0 bridgehead atoms. The van der Waals surface area contributed by atoms with Crippen LogP contribution in [0.25, 0.3) is 0 Å². The molecule has 2 rings (SSSR count). The number of hydrogen-bond acceptors (Lipinski definition) is 5. The lowest BCUT2D eigenvalue weighted by molar-refractivity contribution is -0.132. The number of hydrogen-bond donors (Lipinski definition) is 1. The van der Waals surface area contributed by atoms with E-state index in [1.165, 1.54) is 0 Å². The number of rotatable bonds is 3. The van der Waals surface area contributed by atoms with Gasteiger partial charge in [0.15, 0.2) is 0 Å². The van der Waals surface area contributed by atoms with E-state index in [1.807, 2.05) is 39.6 Å². The van der Waals surface area contributed by atoms with Crippen molar-refractivity contribution in [1.29, 1.82) is 0 Å². The van der Waals surface area contributed by atoms with Gasteiger partial charge in [0.2, 0.25) is 5.91 Å². The van der Waals surface area contributed by atoms with Crippen molar-refractivity contribution in [3.63, 3.8) is 0 Å². The number of nitrogens with zero attached hydrogens (tertiary/aromatic N) is 2. The summed E-state index contributed by atoms with van der Waals surface area (Å²) in [7, 11) is 3.61. The Morgan fingerprint density at radius 3 is 2.30 bits per heavy atom. The first kappa shape index (κ1) is 18.0. The Morgan fingerprint density at radius 1 is 1.22 bits per heavy atom. The molecule has 1 N–H and O–H groups in total. The molecule has 2 unspecified atom stereocenters. The number of methoxy groups -OCH3 is 1. The van der Waals surface area contributed by atoms with E-state index in [4.69, 9.17) is 9.47 Å². The summed E-state index contributed by atoms with van der Waals surface area (Å²) in [4.78, 5) is 28.1. The lowest BCUT2D eigenvalue weighted by atomic mass is 9.96. The second-order valence-corrected chi connectivity index (χ2v) is 7.77. The van der Waals surface area contributed by atoms with Crippen LogP contribution in [0.2, 0.25) is 0 Å². The summed E-state index contributed by atoms with van der Waals surface area (Å²) < 4.78 is 10.7. The van der Waals surface area contributed by atoms with E-state index in [1.54, 1.807) is 12.0 Å². The summed E-state index contributed by atoms with van der Waals surface area (Å²) in [5.41, 5.74) is -1.06. The van der Waals surface area contributed by atoms with Gasteiger partial charge < -0.3 is 19.7 Å². The van der Waals surface area contributed by atoms with E-state index < -0.39 is 11.1 Å². The minimum absolute atomic E-state index is 0.00612. The minimum Gasteiger partial charge on any atom is -0.444 e. The number of likely N-dealkylation sites (N-methyl/N-ethyl adjacent to an activating group) is 1. The molecule has 0 aromatic rings. The molecule has 2 aliphatic heterocycles. The minimum atomic E-state index is -0.562. The summed E-state index contributed by atoms with van der Waals surface area (Å²) >= 11 is 0. The summed E-state index contributed by atoms with van der Waals surface area (Å²) in [5.74, 6) is -0.00612. The van der Waals surface area contributed by atoms with Crippen LogP contribution >= 0.6 is 0 Å². The Labute approximate surface area is 138 Å². The molecule has 2 amide bonds. The molecule has 2 saturated heterocycles. The van der Waals surface area contributed by atoms with E-state index in [0.29, 0.717) is 19.5 Å². The van der Waals surface area contributed by atoms with Gasteiger partial charge in [0.25, 0.3) is 0 Å². The van der Waals surface area contributed by atoms with E-state index in [2.05, 4.69) is 5.32 Å². The highest BCUT2D eigenvalue weighted by Gasteiger charge is 2.47. The monoisotopic (exact) mass is 327 g/mol. The molecule has 0 radical (unpaired) electrons. The van der Waals surface area contributed by atoms with Crippen molar-refractivity contribution in [3.05, 3.63) is 0 Å². The van der Waals surface area contributed by atoms with Gasteiger partial charge in [0.05, 0.1) is 17.7 Å². The molecule has 0 saturated carbocycles. The molecule has 23 heavy (non-hydrogen) atoms. The molecule has 0 aliphatic carbocycles. The highest BCUT2D eigenvalue weighted by atomic mass is 16.6. The summed E-state index contributed by atoms with van der Waals surface area (Å²) in [5, 5.41) is 3.04. The van der Waals surface area contributed by atoms with E-state index in [9.17, 15) is 9.59 Å². The lowest BCUT2D eigenvalue weighted by Gasteiger charge is -2.41. The molecule has 7 heteroatoms. The van der Waals surface area contributed by atoms with Gasteiger partial charge in [0.1, 0.15) is 5.60 Å². The molecular formula is C16H29N3O4. The van der Waals surface area contributed by atoms with Crippen molar-refractivity contribution in [1.82, 2.24) is 15.1 Å². The van der Waals surface area contributed by atoms with Gasteiger partial charge in [-0.25, -0.2) is 4.79 Å². The molecule has 2 atom stereocenters. The number of ether oxygens (including phenoxy) is 2. The second kappa shape index (κ2) is 6.28. The molecular weight excluding hydrogens is 298 g/mol. The standard InChI is InChI=1S/C16H29N3O4/c1-15(2,3)23-14(21)19-8-11(9-19)17-13(20)16(4)7-12(22-6)10-18(16)5/h11-12H,7-10H2,1-6H3,(H,17,20). The van der Waals surface area contributed by atoms with Crippen LogP contribution in [0.4, 0.5) is 4.79 Å². The average Bonchev–Trinajstić information content (AvgIpc) is 2.67. The maximum absolute atomic E-state index is 12.6. The van der Waals surface area contributed by atoms with Gasteiger partial charge >= 0.3 is 6.09 Å². The molecule has 2 heterocycles. The number of likely N-dealkylation sites (tertiary alicyclic amines) is 2. The Hall–Kier alpha value is -1.34. The first-order valence-electron chi connectivity index (χ1n) is 8.08. The predicted octanol–water partition coefficient (Wildman–Crippen LogP) is 0.831. The van der Waals surface area contributed by atoms with E-state index in [0.717, 1.165) is 6.54 Å². The van der Waals surface area contributed by atoms with E-state index >= 15 is 0 Å². The molecule has 2 fully saturated rings. The number of nitrogens with one attached hydrogen (secondary N) is 1. The van der Waals surface area contributed by atoms with Crippen molar-refractivity contribution in [2.45, 2.75) is 57.4 Å². The fourth-order valence-electron chi connectivity index (χ4n) is 2.98. The zero-order valence-corrected chi connectivity index (χ0v) is 15.0. The van der Waals surface area contributed by atoms with Crippen molar-refractivity contribution in [2.75, 3.05) is 33.8 Å². The third-order valence-corrected chi connectivity index (χ3v) is 4.64. The summed E-state index contributed by atoms with van der Waals surface area (Å²) in [6.45, 7) is 9.19. The highest BCUT2D eigenvalue weighted by Crippen LogP contribution is 2.29. The van der Waals surface area contributed by atoms with Crippen molar-refractivity contribution in [3.8, 4) is 0 Å². The van der Waals surface area contributed by atoms with Crippen LogP contribution in [-0.2, 0) is 14.3 Å². The third-order valence-electron chi connectivity index (χ3n) is 4.64. The van der Waals surface area contributed by atoms with Crippen LogP contribution < -0.4 is 5.32 Å². The SMILES string of the molecule is COC1CN(C)C(C)(C(=O)NC2CN(C(=O)OC(C)(C)C)C2)C1. The van der Waals surface area contributed by atoms with Gasteiger partial charge in [-0.05, 0) is 34.7 Å². The van der Waals surface area contributed by atoms with Gasteiger partial charge in [-0.1, -0.05) is 0 Å². The third kappa shape index (κ3) is 3.95. The number of carbonyl (C=O) groups is 2. The smallest absolute Gasteiger partial charge is 0.410 e. The first-order chi connectivity index (χ1) is 10.5. The molecule has 132 valence electrons. The molecule has 2 aliphatic rings. The predicted molar refractivity (Wildman–Crippen MR) is 86.2 cm³/mol. The quantitative estimate of drug-likeness (QED) is 0.831. The highest BCUT2D eigenvalue weighted by molar-refractivity contribution is 5.87. The topological polar surface area (TPSA) is 71.1 Å². The van der Waals surface area contributed by atoms with Crippen LogP contribution in [0.1, 0.15) is 34.1 Å². The Morgan fingerprint density at radius 2 is 1.83 bits per heavy atom. The van der Waals surface area contributed by atoms with Crippen molar-refractivity contribution < 1.29 is 19.1 Å². The molecule has 0 aromatic heterocycles. The van der Waals surface area contributed by atoms with Crippen LogP contribution in [0.3, 0.4) is 0 Å².